The summed E-state index contributed by atoms with van der Waals surface area (Å²) in [5.41, 5.74) is 2.30. The molecule has 0 aromatic rings. The summed E-state index contributed by atoms with van der Waals surface area (Å²) < 4.78 is 35.1. The first-order valence-electron chi connectivity index (χ1n) is 3.63. The summed E-state index contributed by atoms with van der Waals surface area (Å²) in [5.74, 6) is 5.02. The normalized spacial score (nSPS) is 14.3. The second-order valence-corrected chi connectivity index (χ2v) is 2.54. The van der Waals surface area contributed by atoms with Gasteiger partial charge in [-0.05, 0) is 12.8 Å². The van der Waals surface area contributed by atoms with Gasteiger partial charge in [0.05, 0.1) is 0 Å². The Balaban J connectivity index is 3.64. The third-order valence-corrected chi connectivity index (χ3v) is 1.46. The minimum Gasteiger partial charge on any atom is -0.271 e. The van der Waals surface area contributed by atoms with Gasteiger partial charge in [-0.3, -0.25) is 11.3 Å². The Labute approximate surface area is 69.6 Å². The summed E-state index contributed by atoms with van der Waals surface area (Å²) >= 11 is 0. The summed E-state index contributed by atoms with van der Waals surface area (Å²) in [7, 11) is 0. The molecule has 0 rings (SSSR count). The maximum absolute atomic E-state index is 11.7. The van der Waals surface area contributed by atoms with Crippen molar-refractivity contribution in [2.45, 2.75) is 31.5 Å². The summed E-state index contributed by atoms with van der Waals surface area (Å²) in [6.07, 6.45) is -2.93. The summed E-state index contributed by atoms with van der Waals surface area (Å²) in [5, 5.41) is 0. The SMILES string of the molecule is C=CCC(CCC(F)(F)F)NN. The fraction of sp³-hybridized carbons (Fsp3) is 0.714. The average Bonchev–Trinajstić information content (AvgIpc) is 1.96. The van der Waals surface area contributed by atoms with Crippen molar-refractivity contribution in [2.24, 2.45) is 5.84 Å². The van der Waals surface area contributed by atoms with Crippen molar-refractivity contribution < 1.29 is 13.2 Å². The van der Waals surface area contributed by atoms with E-state index in [0.717, 1.165) is 0 Å². The van der Waals surface area contributed by atoms with E-state index in [9.17, 15) is 13.2 Å². The van der Waals surface area contributed by atoms with Crippen LogP contribution in [0.2, 0.25) is 0 Å². The highest BCUT2D eigenvalue weighted by molar-refractivity contribution is 4.77. The number of hydrogen-bond donors (Lipinski definition) is 2. The quantitative estimate of drug-likeness (QED) is 0.386. The molecule has 1 unspecified atom stereocenters. The van der Waals surface area contributed by atoms with E-state index in [1.165, 1.54) is 0 Å². The molecule has 0 aromatic heterocycles. The van der Waals surface area contributed by atoms with Crippen LogP contribution in [0, 0.1) is 0 Å². The first-order chi connectivity index (χ1) is 5.49. The van der Waals surface area contributed by atoms with Gasteiger partial charge in [0.15, 0.2) is 0 Å². The van der Waals surface area contributed by atoms with Crippen LogP contribution in [-0.4, -0.2) is 12.2 Å². The van der Waals surface area contributed by atoms with Crippen LogP contribution < -0.4 is 11.3 Å². The van der Waals surface area contributed by atoms with Crippen LogP contribution in [0.3, 0.4) is 0 Å². The lowest BCUT2D eigenvalue weighted by Crippen LogP contribution is -2.35. The van der Waals surface area contributed by atoms with Crippen molar-refractivity contribution in [3.8, 4) is 0 Å². The molecule has 0 heterocycles. The molecule has 0 amide bonds. The zero-order chi connectivity index (χ0) is 9.61. The standard InChI is InChI=1S/C7H13F3N2/c1-2-3-6(12-11)4-5-7(8,9)10/h2,6,12H,1,3-5,11H2. The van der Waals surface area contributed by atoms with E-state index >= 15 is 0 Å². The van der Waals surface area contributed by atoms with E-state index in [4.69, 9.17) is 5.84 Å². The van der Waals surface area contributed by atoms with Gasteiger partial charge in [-0.2, -0.15) is 13.2 Å². The van der Waals surface area contributed by atoms with E-state index in [1.807, 2.05) is 0 Å². The molecule has 0 saturated heterocycles. The molecule has 2 nitrogen and oxygen atoms in total. The third kappa shape index (κ3) is 6.18. The molecule has 0 aromatic carbocycles. The predicted octanol–water partition coefficient (Wildman–Crippen LogP) is 1.74. The fourth-order valence-electron chi connectivity index (χ4n) is 0.808. The summed E-state index contributed by atoms with van der Waals surface area (Å²) in [6.45, 7) is 3.42. The Morgan fingerprint density at radius 1 is 1.50 bits per heavy atom. The Morgan fingerprint density at radius 3 is 2.42 bits per heavy atom. The largest absolute Gasteiger partial charge is 0.389 e. The molecule has 1 atom stereocenters. The van der Waals surface area contributed by atoms with Crippen LogP contribution >= 0.6 is 0 Å². The molecular formula is C7H13F3N2. The molecule has 0 fully saturated rings. The van der Waals surface area contributed by atoms with E-state index in [0.29, 0.717) is 6.42 Å². The number of hydrogen-bond acceptors (Lipinski definition) is 2. The van der Waals surface area contributed by atoms with Crippen molar-refractivity contribution in [1.82, 2.24) is 5.43 Å². The number of nitrogens with two attached hydrogens (primary N) is 1. The van der Waals surface area contributed by atoms with Crippen LogP contribution in [0.15, 0.2) is 12.7 Å². The van der Waals surface area contributed by atoms with Crippen molar-refractivity contribution in [2.75, 3.05) is 0 Å². The third-order valence-electron chi connectivity index (χ3n) is 1.46. The van der Waals surface area contributed by atoms with Gasteiger partial charge in [-0.15, -0.1) is 6.58 Å². The van der Waals surface area contributed by atoms with Crippen molar-refractivity contribution in [3.05, 3.63) is 12.7 Å². The van der Waals surface area contributed by atoms with Gasteiger partial charge in [0.25, 0.3) is 0 Å². The molecule has 72 valence electrons. The van der Waals surface area contributed by atoms with Gasteiger partial charge in [-0.1, -0.05) is 6.08 Å². The number of rotatable bonds is 5. The molecule has 3 N–H and O–H groups in total. The lowest BCUT2D eigenvalue weighted by Gasteiger charge is -2.14. The van der Waals surface area contributed by atoms with Crippen LogP contribution in [0.5, 0.6) is 0 Å². The fourth-order valence-corrected chi connectivity index (χ4v) is 0.808. The molecule has 0 aliphatic rings. The highest BCUT2D eigenvalue weighted by Crippen LogP contribution is 2.22. The molecular weight excluding hydrogens is 169 g/mol. The van der Waals surface area contributed by atoms with Crippen LogP contribution in [0.1, 0.15) is 19.3 Å². The molecule has 5 heteroatoms. The zero-order valence-electron chi connectivity index (χ0n) is 6.69. The van der Waals surface area contributed by atoms with Crippen LogP contribution in [0.25, 0.3) is 0 Å². The maximum atomic E-state index is 11.7. The second kappa shape index (κ2) is 5.16. The Morgan fingerprint density at radius 2 is 2.08 bits per heavy atom. The van der Waals surface area contributed by atoms with Crippen molar-refractivity contribution in [1.29, 1.82) is 0 Å². The van der Waals surface area contributed by atoms with Crippen molar-refractivity contribution >= 4 is 0 Å². The predicted molar refractivity (Wildman–Crippen MR) is 41.2 cm³/mol. The highest BCUT2D eigenvalue weighted by atomic mass is 19.4. The topological polar surface area (TPSA) is 38.0 Å². The smallest absolute Gasteiger partial charge is 0.271 e. The minimum atomic E-state index is -4.10. The molecule has 12 heavy (non-hydrogen) atoms. The molecule has 0 aliphatic heterocycles. The Bertz CT molecular complexity index is 133. The van der Waals surface area contributed by atoms with E-state index < -0.39 is 12.6 Å². The van der Waals surface area contributed by atoms with Gasteiger partial charge >= 0.3 is 6.18 Å². The lowest BCUT2D eigenvalue weighted by atomic mass is 10.1. The molecule has 0 radical (unpaired) electrons. The number of halogens is 3. The lowest BCUT2D eigenvalue weighted by molar-refractivity contribution is -0.136. The average molecular weight is 182 g/mol. The van der Waals surface area contributed by atoms with Gasteiger partial charge < -0.3 is 0 Å². The molecule has 0 saturated carbocycles. The maximum Gasteiger partial charge on any atom is 0.389 e. The minimum absolute atomic E-state index is 0.00792. The molecule has 0 aliphatic carbocycles. The van der Waals surface area contributed by atoms with Gasteiger partial charge in [0.1, 0.15) is 0 Å². The molecule has 0 bridgehead atoms. The van der Waals surface area contributed by atoms with Crippen LogP contribution in [0.4, 0.5) is 13.2 Å². The Hall–Kier alpha value is -0.550. The van der Waals surface area contributed by atoms with E-state index in [-0.39, 0.29) is 12.5 Å². The first kappa shape index (κ1) is 11.4. The summed E-state index contributed by atoms with van der Waals surface area (Å²) in [6, 6.07) is -0.330. The monoisotopic (exact) mass is 182 g/mol. The second-order valence-electron chi connectivity index (χ2n) is 2.54. The van der Waals surface area contributed by atoms with Gasteiger partial charge in [0.2, 0.25) is 0 Å². The first-order valence-corrected chi connectivity index (χ1v) is 3.63. The highest BCUT2D eigenvalue weighted by Gasteiger charge is 2.27. The number of hydrazine groups is 1. The van der Waals surface area contributed by atoms with Gasteiger partial charge in [-0.25, -0.2) is 0 Å². The van der Waals surface area contributed by atoms with Gasteiger partial charge in [0, 0.05) is 12.5 Å². The zero-order valence-corrected chi connectivity index (χ0v) is 6.69. The summed E-state index contributed by atoms with van der Waals surface area (Å²) in [4.78, 5) is 0. The van der Waals surface area contributed by atoms with Crippen LogP contribution in [-0.2, 0) is 0 Å². The van der Waals surface area contributed by atoms with E-state index in [2.05, 4.69) is 12.0 Å². The van der Waals surface area contributed by atoms with E-state index in [1.54, 1.807) is 6.08 Å². The number of nitrogens with one attached hydrogen (secondary N) is 1. The Kier molecular flexibility index (Phi) is 4.92. The van der Waals surface area contributed by atoms with Crippen molar-refractivity contribution in [3.63, 3.8) is 0 Å². The number of alkyl halides is 3. The molecule has 0 spiro atoms.